The van der Waals surface area contributed by atoms with Crippen LogP contribution in [0.1, 0.15) is 16.7 Å². The number of hydrogen-bond donors (Lipinski definition) is 2. The van der Waals surface area contributed by atoms with Gasteiger partial charge in [-0.2, -0.15) is 0 Å². The lowest BCUT2D eigenvalue weighted by molar-refractivity contribution is 0.469. The zero-order valence-electron chi connectivity index (χ0n) is 10.5. The maximum atomic E-state index is 9.76. The van der Waals surface area contributed by atoms with Crippen LogP contribution in [0.2, 0.25) is 0 Å². The molecule has 0 bridgehead atoms. The number of phenolic OH excluding ortho intramolecular Hbond substituents is 1. The highest BCUT2D eigenvalue weighted by Gasteiger charge is 2.02. The molecule has 94 valence electrons. The average Bonchev–Trinajstić information content (AvgIpc) is 2.34. The first-order valence-electron chi connectivity index (χ1n) is 5.85. The van der Waals surface area contributed by atoms with Gasteiger partial charge in [0.05, 0.1) is 0 Å². The fourth-order valence-corrected chi connectivity index (χ4v) is 2.13. The number of aryl methyl sites for hydroxylation is 2. The Labute approximate surface area is 116 Å². The normalized spacial score (nSPS) is 10.4. The Morgan fingerprint density at radius 2 is 1.89 bits per heavy atom. The van der Waals surface area contributed by atoms with Crippen LogP contribution >= 0.6 is 15.9 Å². The first-order valence-corrected chi connectivity index (χ1v) is 6.64. The topological polar surface area (TPSA) is 32.3 Å². The smallest absolute Gasteiger partial charge is 0.120 e. The van der Waals surface area contributed by atoms with E-state index in [9.17, 15) is 5.11 Å². The number of rotatable bonds is 3. The molecule has 0 spiro atoms. The van der Waals surface area contributed by atoms with Crippen molar-refractivity contribution in [2.24, 2.45) is 0 Å². The van der Waals surface area contributed by atoms with E-state index in [1.807, 2.05) is 31.2 Å². The van der Waals surface area contributed by atoms with Crippen molar-refractivity contribution in [3.8, 4) is 5.75 Å². The molecule has 2 N–H and O–H groups in total. The Balaban J connectivity index is 2.11. The van der Waals surface area contributed by atoms with Crippen LogP contribution in [-0.2, 0) is 6.54 Å². The lowest BCUT2D eigenvalue weighted by Crippen LogP contribution is -2.00. The minimum atomic E-state index is 0.333. The predicted octanol–water partition coefficient (Wildman–Crippen LogP) is 4.38. The first-order chi connectivity index (χ1) is 8.56. The number of hydrogen-bond acceptors (Lipinski definition) is 2. The van der Waals surface area contributed by atoms with Gasteiger partial charge in [0.2, 0.25) is 0 Å². The summed E-state index contributed by atoms with van der Waals surface area (Å²) in [5.41, 5.74) is 4.30. The Morgan fingerprint density at radius 3 is 2.61 bits per heavy atom. The summed E-state index contributed by atoms with van der Waals surface area (Å²) in [7, 11) is 0. The molecule has 0 unspecified atom stereocenters. The summed E-state index contributed by atoms with van der Waals surface area (Å²) >= 11 is 3.51. The lowest BCUT2D eigenvalue weighted by atomic mass is 10.1. The summed E-state index contributed by atoms with van der Waals surface area (Å²) < 4.78 is 1.08. The largest absolute Gasteiger partial charge is 0.508 e. The van der Waals surface area contributed by atoms with E-state index >= 15 is 0 Å². The first kappa shape index (κ1) is 13.0. The zero-order valence-corrected chi connectivity index (χ0v) is 12.1. The van der Waals surface area contributed by atoms with Crippen LogP contribution in [-0.4, -0.2) is 5.11 Å². The molecule has 0 fully saturated rings. The Bertz CT molecular complexity index is 566. The third-order valence-electron chi connectivity index (χ3n) is 2.89. The fraction of sp³-hybridized carbons (Fsp3) is 0.200. The molecule has 0 amide bonds. The molecule has 2 aromatic rings. The number of nitrogens with one attached hydrogen (secondary N) is 1. The van der Waals surface area contributed by atoms with E-state index in [-0.39, 0.29) is 0 Å². The number of phenols is 1. The monoisotopic (exact) mass is 305 g/mol. The van der Waals surface area contributed by atoms with Gasteiger partial charge in [0.25, 0.3) is 0 Å². The van der Waals surface area contributed by atoms with E-state index < -0.39 is 0 Å². The van der Waals surface area contributed by atoms with Crippen LogP contribution in [0, 0.1) is 13.8 Å². The number of anilines is 1. The van der Waals surface area contributed by atoms with E-state index in [0.29, 0.717) is 12.3 Å². The third kappa shape index (κ3) is 3.05. The summed E-state index contributed by atoms with van der Waals surface area (Å²) in [4.78, 5) is 0. The van der Waals surface area contributed by atoms with Crippen LogP contribution in [0.5, 0.6) is 5.75 Å². The molecule has 0 aromatic heterocycles. The van der Waals surface area contributed by atoms with E-state index in [1.165, 1.54) is 5.56 Å². The molecule has 0 atom stereocenters. The summed E-state index contributed by atoms with van der Waals surface area (Å²) in [6, 6.07) is 11.8. The minimum absolute atomic E-state index is 0.333. The third-order valence-corrected chi connectivity index (χ3v) is 3.74. The molecular formula is C15H16BrNO. The molecule has 0 heterocycles. The lowest BCUT2D eigenvalue weighted by Gasteiger charge is -2.10. The van der Waals surface area contributed by atoms with Gasteiger partial charge in [-0.1, -0.05) is 39.7 Å². The molecule has 3 heteroatoms. The molecule has 0 aliphatic carbocycles. The van der Waals surface area contributed by atoms with Crippen LogP contribution in [0.3, 0.4) is 0 Å². The van der Waals surface area contributed by atoms with Gasteiger partial charge in [0.1, 0.15) is 5.75 Å². The quantitative estimate of drug-likeness (QED) is 0.882. The van der Waals surface area contributed by atoms with Gasteiger partial charge in [0, 0.05) is 22.3 Å². The summed E-state index contributed by atoms with van der Waals surface area (Å²) in [6.45, 7) is 4.69. The SMILES string of the molecule is Cc1ccc(O)c(CNc2ccc(C)c(Br)c2)c1. The summed E-state index contributed by atoms with van der Waals surface area (Å²) in [5, 5.41) is 13.1. The molecule has 2 rings (SSSR count). The van der Waals surface area contributed by atoms with E-state index in [4.69, 9.17) is 0 Å². The van der Waals surface area contributed by atoms with Gasteiger partial charge in [-0.3, -0.25) is 0 Å². The number of aromatic hydroxyl groups is 1. The zero-order chi connectivity index (χ0) is 13.1. The van der Waals surface area contributed by atoms with Crippen molar-refractivity contribution >= 4 is 21.6 Å². The summed E-state index contributed by atoms with van der Waals surface area (Å²) in [5.74, 6) is 0.333. The number of benzene rings is 2. The average molecular weight is 306 g/mol. The van der Waals surface area contributed by atoms with E-state index in [0.717, 1.165) is 21.3 Å². The highest BCUT2D eigenvalue weighted by molar-refractivity contribution is 9.10. The molecule has 2 nitrogen and oxygen atoms in total. The van der Waals surface area contributed by atoms with Crippen molar-refractivity contribution in [3.05, 3.63) is 57.6 Å². The van der Waals surface area contributed by atoms with Gasteiger partial charge in [-0.25, -0.2) is 0 Å². The van der Waals surface area contributed by atoms with Crippen molar-refractivity contribution in [2.75, 3.05) is 5.32 Å². The van der Waals surface area contributed by atoms with Crippen LogP contribution in [0.25, 0.3) is 0 Å². The predicted molar refractivity (Wildman–Crippen MR) is 79.0 cm³/mol. The van der Waals surface area contributed by atoms with E-state index in [2.05, 4.69) is 34.2 Å². The molecule has 0 aliphatic rings. The Hall–Kier alpha value is -1.48. The Morgan fingerprint density at radius 1 is 1.11 bits per heavy atom. The van der Waals surface area contributed by atoms with Crippen molar-refractivity contribution in [1.29, 1.82) is 0 Å². The van der Waals surface area contributed by atoms with Crippen molar-refractivity contribution in [3.63, 3.8) is 0 Å². The van der Waals surface area contributed by atoms with Crippen LogP contribution < -0.4 is 5.32 Å². The van der Waals surface area contributed by atoms with Gasteiger partial charge in [0.15, 0.2) is 0 Å². The Kier molecular flexibility index (Phi) is 3.92. The second-order valence-corrected chi connectivity index (χ2v) is 5.30. The molecule has 18 heavy (non-hydrogen) atoms. The highest BCUT2D eigenvalue weighted by atomic mass is 79.9. The maximum Gasteiger partial charge on any atom is 0.120 e. The number of halogens is 1. The summed E-state index contributed by atoms with van der Waals surface area (Å²) in [6.07, 6.45) is 0. The minimum Gasteiger partial charge on any atom is -0.508 e. The van der Waals surface area contributed by atoms with Gasteiger partial charge >= 0.3 is 0 Å². The van der Waals surface area contributed by atoms with Gasteiger partial charge < -0.3 is 10.4 Å². The second kappa shape index (κ2) is 5.44. The van der Waals surface area contributed by atoms with Crippen LogP contribution in [0.4, 0.5) is 5.69 Å². The molecule has 0 aliphatic heterocycles. The van der Waals surface area contributed by atoms with Crippen LogP contribution in [0.15, 0.2) is 40.9 Å². The maximum absolute atomic E-state index is 9.76. The van der Waals surface area contributed by atoms with Crippen molar-refractivity contribution < 1.29 is 5.11 Å². The molecule has 2 aromatic carbocycles. The second-order valence-electron chi connectivity index (χ2n) is 4.45. The molecule has 0 saturated heterocycles. The highest BCUT2D eigenvalue weighted by Crippen LogP contribution is 2.23. The standard InChI is InChI=1S/C15H16BrNO/c1-10-3-6-15(18)12(7-10)9-17-13-5-4-11(2)14(16)8-13/h3-8,17-18H,9H2,1-2H3. The molecule has 0 radical (unpaired) electrons. The van der Waals surface area contributed by atoms with Gasteiger partial charge in [-0.05, 0) is 37.6 Å². The van der Waals surface area contributed by atoms with E-state index in [1.54, 1.807) is 6.07 Å². The van der Waals surface area contributed by atoms with Crippen molar-refractivity contribution in [1.82, 2.24) is 0 Å². The molecular weight excluding hydrogens is 290 g/mol. The van der Waals surface area contributed by atoms with Crippen molar-refractivity contribution in [2.45, 2.75) is 20.4 Å². The fourth-order valence-electron chi connectivity index (χ4n) is 1.76. The van der Waals surface area contributed by atoms with Gasteiger partial charge in [-0.15, -0.1) is 0 Å². The molecule has 0 saturated carbocycles.